The van der Waals surface area contributed by atoms with Gasteiger partial charge >= 0.3 is 5.97 Å². The molecule has 0 aliphatic carbocycles. The van der Waals surface area contributed by atoms with E-state index in [0.717, 1.165) is 43.6 Å². The van der Waals surface area contributed by atoms with Crippen LogP contribution in [-0.4, -0.2) is 53.1 Å². The zero-order valence-electron chi connectivity index (χ0n) is 23.8. The zero-order chi connectivity index (χ0) is 28.8. The third-order valence-corrected chi connectivity index (χ3v) is 8.29. The molecule has 2 N–H and O–H groups in total. The average Bonchev–Trinajstić information content (AvgIpc) is 2.98. The second-order valence-corrected chi connectivity index (χ2v) is 11.2. The standard InChI is InChI=1S/C34H41NO5/c1-4-40-32(38)33(2,3)28-17-18-29(31(37)24-28)30(36)16-11-21-35-22-19-27(20-23-35)34(39,25-12-7-5-8-13-25)26-14-9-6-10-15-26/h5-10,12-15,17-18,24,27,37,39H,4,11,16,19-23H2,1-3H3. The second-order valence-electron chi connectivity index (χ2n) is 11.2. The van der Waals surface area contributed by atoms with E-state index in [1.165, 1.54) is 6.07 Å². The molecule has 4 rings (SSSR count). The summed E-state index contributed by atoms with van der Waals surface area (Å²) in [4.78, 5) is 27.6. The first-order chi connectivity index (χ1) is 19.2. The van der Waals surface area contributed by atoms with E-state index in [0.29, 0.717) is 18.4 Å². The molecule has 212 valence electrons. The average molecular weight is 544 g/mol. The predicted octanol–water partition coefficient (Wildman–Crippen LogP) is 5.84. The molecule has 3 aromatic rings. The fourth-order valence-corrected chi connectivity index (χ4v) is 5.78. The van der Waals surface area contributed by atoms with Crippen LogP contribution in [0.3, 0.4) is 0 Å². The number of phenolic OH excluding ortho intramolecular Hbond substituents is 1. The van der Waals surface area contributed by atoms with Gasteiger partial charge in [0.15, 0.2) is 5.78 Å². The number of hydrogen-bond donors (Lipinski definition) is 2. The summed E-state index contributed by atoms with van der Waals surface area (Å²) in [6, 6.07) is 24.7. The number of ketones is 1. The largest absolute Gasteiger partial charge is 0.507 e. The Hall–Kier alpha value is -3.48. The van der Waals surface area contributed by atoms with Crippen molar-refractivity contribution in [2.45, 2.75) is 57.5 Å². The van der Waals surface area contributed by atoms with Gasteiger partial charge in [-0.05, 0) is 94.4 Å². The van der Waals surface area contributed by atoms with Crippen molar-refractivity contribution in [3.05, 3.63) is 101 Å². The van der Waals surface area contributed by atoms with Gasteiger partial charge in [0.1, 0.15) is 11.4 Å². The second kappa shape index (κ2) is 12.8. The highest BCUT2D eigenvalue weighted by molar-refractivity contribution is 5.98. The van der Waals surface area contributed by atoms with Gasteiger partial charge in [-0.15, -0.1) is 0 Å². The smallest absolute Gasteiger partial charge is 0.315 e. The number of likely N-dealkylation sites (tertiary alicyclic amines) is 1. The summed E-state index contributed by atoms with van der Waals surface area (Å²) in [6.45, 7) is 8.00. The minimum Gasteiger partial charge on any atom is -0.507 e. The lowest BCUT2D eigenvalue weighted by Crippen LogP contribution is -2.44. The lowest BCUT2D eigenvalue weighted by molar-refractivity contribution is -0.148. The predicted molar refractivity (Wildman–Crippen MR) is 156 cm³/mol. The zero-order valence-corrected chi connectivity index (χ0v) is 23.8. The van der Waals surface area contributed by atoms with Gasteiger partial charge in [-0.25, -0.2) is 0 Å². The van der Waals surface area contributed by atoms with Gasteiger partial charge in [0.2, 0.25) is 0 Å². The lowest BCUT2D eigenvalue weighted by Gasteiger charge is -2.42. The first kappa shape index (κ1) is 29.5. The number of aromatic hydroxyl groups is 1. The van der Waals surface area contributed by atoms with Gasteiger partial charge in [0.05, 0.1) is 17.6 Å². The highest BCUT2D eigenvalue weighted by atomic mass is 16.5. The first-order valence-corrected chi connectivity index (χ1v) is 14.3. The molecule has 3 aromatic carbocycles. The highest BCUT2D eigenvalue weighted by Gasteiger charge is 2.41. The molecule has 0 saturated carbocycles. The SMILES string of the molecule is CCOC(=O)C(C)(C)c1ccc(C(=O)CCCN2CCC(C(O)(c3ccccc3)c3ccccc3)CC2)c(O)c1. The van der Waals surface area contributed by atoms with E-state index in [1.54, 1.807) is 32.9 Å². The molecule has 6 nitrogen and oxygen atoms in total. The van der Waals surface area contributed by atoms with Crippen LogP contribution in [0, 0.1) is 5.92 Å². The summed E-state index contributed by atoms with van der Waals surface area (Å²) >= 11 is 0. The molecule has 1 saturated heterocycles. The van der Waals surface area contributed by atoms with Crippen molar-refractivity contribution >= 4 is 11.8 Å². The summed E-state index contributed by atoms with van der Waals surface area (Å²) in [6.07, 6.45) is 2.71. The third kappa shape index (κ3) is 6.29. The van der Waals surface area contributed by atoms with Crippen molar-refractivity contribution in [1.82, 2.24) is 4.90 Å². The van der Waals surface area contributed by atoms with Crippen molar-refractivity contribution in [3.63, 3.8) is 0 Å². The number of ether oxygens (including phenoxy) is 1. The van der Waals surface area contributed by atoms with Crippen LogP contribution in [0.25, 0.3) is 0 Å². The van der Waals surface area contributed by atoms with E-state index >= 15 is 0 Å². The summed E-state index contributed by atoms with van der Waals surface area (Å²) < 4.78 is 5.15. The third-order valence-electron chi connectivity index (χ3n) is 8.29. The number of phenols is 1. The van der Waals surface area contributed by atoms with Crippen LogP contribution in [0.5, 0.6) is 5.75 Å². The number of piperidine rings is 1. The maximum atomic E-state index is 12.9. The van der Waals surface area contributed by atoms with Crippen LogP contribution in [0.2, 0.25) is 0 Å². The lowest BCUT2D eigenvalue weighted by atomic mass is 9.72. The minimum absolute atomic E-state index is 0.0875. The van der Waals surface area contributed by atoms with E-state index in [-0.39, 0.29) is 35.6 Å². The number of carbonyl (C=O) groups excluding carboxylic acids is 2. The van der Waals surface area contributed by atoms with E-state index in [1.807, 2.05) is 60.7 Å². The fraction of sp³-hybridized carbons (Fsp3) is 0.412. The molecule has 1 aliphatic rings. The number of benzene rings is 3. The molecule has 0 amide bonds. The molecule has 0 bridgehead atoms. The highest BCUT2D eigenvalue weighted by Crippen LogP contribution is 2.42. The van der Waals surface area contributed by atoms with Crippen LogP contribution in [0.15, 0.2) is 78.9 Å². The maximum absolute atomic E-state index is 12.9. The molecule has 0 aromatic heterocycles. The number of Topliss-reactive ketones (excluding diaryl/α,β-unsaturated/α-hetero) is 1. The van der Waals surface area contributed by atoms with Gasteiger partial charge in [-0.3, -0.25) is 9.59 Å². The van der Waals surface area contributed by atoms with Crippen molar-refractivity contribution < 1.29 is 24.5 Å². The first-order valence-electron chi connectivity index (χ1n) is 14.3. The van der Waals surface area contributed by atoms with E-state index < -0.39 is 11.0 Å². The number of aliphatic hydroxyl groups is 1. The van der Waals surface area contributed by atoms with Gasteiger partial charge < -0.3 is 19.8 Å². The van der Waals surface area contributed by atoms with Crippen LogP contribution in [-0.2, 0) is 20.5 Å². The van der Waals surface area contributed by atoms with Gasteiger partial charge in [-0.1, -0.05) is 66.7 Å². The summed E-state index contributed by atoms with van der Waals surface area (Å²) in [5.74, 6) is -0.509. The molecule has 1 aliphatic heterocycles. The molecule has 0 unspecified atom stereocenters. The van der Waals surface area contributed by atoms with Crippen molar-refractivity contribution in [2.75, 3.05) is 26.2 Å². The van der Waals surface area contributed by atoms with Gasteiger partial charge in [0.25, 0.3) is 0 Å². The Bertz CT molecular complexity index is 1240. The molecule has 0 radical (unpaired) electrons. The van der Waals surface area contributed by atoms with Crippen LogP contribution in [0.1, 0.15) is 73.5 Å². The number of carbonyl (C=O) groups is 2. The van der Waals surface area contributed by atoms with E-state index in [2.05, 4.69) is 4.90 Å². The Morgan fingerprint density at radius 2 is 1.48 bits per heavy atom. The van der Waals surface area contributed by atoms with E-state index in [9.17, 15) is 19.8 Å². The molecule has 1 heterocycles. The van der Waals surface area contributed by atoms with Crippen molar-refractivity contribution in [3.8, 4) is 5.75 Å². The fourth-order valence-electron chi connectivity index (χ4n) is 5.78. The monoisotopic (exact) mass is 543 g/mol. The Balaban J connectivity index is 1.33. The van der Waals surface area contributed by atoms with Gasteiger partial charge in [-0.2, -0.15) is 0 Å². The van der Waals surface area contributed by atoms with Crippen LogP contribution < -0.4 is 0 Å². The number of nitrogens with zero attached hydrogens (tertiary/aromatic N) is 1. The molecule has 40 heavy (non-hydrogen) atoms. The molecule has 0 spiro atoms. The summed E-state index contributed by atoms with van der Waals surface area (Å²) in [5, 5.41) is 22.7. The number of esters is 1. The van der Waals surface area contributed by atoms with Crippen LogP contribution in [0.4, 0.5) is 0 Å². The summed E-state index contributed by atoms with van der Waals surface area (Å²) in [7, 11) is 0. The Kier molecular flexibility index (Phi) is 9.44. The topological polar surface area (TPSA) is 87.1 Å². The minimum atomic E-state index is -1.05. The van der Waals surface area contributed by atoms with Crippen LogP contribution >= 0.6 is 0 Å². The van der Waals surface area contributed by atoms with Crippen molar-refractivity contribution in [1.29, 1.82) is 0 Å². The molecule has 6 heteroatoms. The quantitative estimate of drug-likeness (QED) is 0.233. The molecule has 1 fully saturated rings. The van der Waals surface area contributed by atoms with Gasteiger partial charge in [0, 0.05) is 6.42 Å². The number of rotatable bonds is 11. The Morgan fingerprint density at radius 1 is 0.900 bits per heavy atom. The van der Waals surface area contributed by atoms with Crippen molar-refractivity contribution in [2.24, 2.45) is 5.92 Å². The maximum Gasteiger partial charge on any atom is 0.315 e. The van der Waals surface area contributed by atoms with E-state index in [4.69, 9.17) is 4.74 Å². The number of hydrogen-bond acceptors (Lipinski definition) is 6. The Morgan fingerprint density at radius 3 is 2.00 bits per heavy atom. The molecule has 0 atom stereocenters. The summed E-state index contributed by atoms with van der Waals surface area (Å²) in [5.41, 5.74) is 0.750. The molecular weight excluding hydrogens is 502 g/mol. The molecular formula is C34H41NO5. The Labute approximate surface area is 237 Å². The normalized spacial score (nSPS) is 15.1.